The maximum Gasteiger partial charge on any atom is 0.116 e. The van der Waals surface area contributed by atoms with Crippen LogP contribution in [0, 0.1) is 5.92 Å². The van der Waals surface area contributed by atoms with E-state index >= 15 is 0 Å². The summed E-state index contributed by atoms with van der Waals surface area (Å²) in [6.07, 6.45) is 6.91. The molecular weight excluding hydrogens is 232 g/mol. The van der Waals surface area contributed by atoms with E-state index in [0.717, 1.165) is 12.0 Å². The number of allylic oxidation sites excluding steroid dienone is 5. The molecule has 0 spiro atoms. The van der Waals surface area contributed by atoms with Crippen molar-refractivity contribution in [2.75, 3.05) is 0 Å². The Hall–Kier alpha value is -0.950. The quantitative estimate of drug-likeness (QED) is 0.344. The van der Waals surface area contributed by atoms with Crippen LogP contribution < -0.4 is 0 Å². The molecule has 2 heteroatoms. The topological polar surface area (TPSA) is 9.23 Å². The first-order valence-electron chi connectivity index (χ1n) is 5.89. The molecule has 0 saturated heterocycles. The second kappa shape index (κ2) is 8.19. The van der Waals surface area contributed by atoms with E-state index < -0.39 is 0 Å². The molecule has 0 saturated carbocycles. The molecule has 0 rings (SSSR count). The molecule has 1 nitrogen and oxygen atoms in total. The first-order chi connectivity index (χ1) is 7.93. The van der Waals surface area contributed by atoms with E-state index in [1.165, 1.54) is 0 Å². The summed E-state index contributed by atoms with van der Waals surface area (Å²) in [5, 5.41) is 0.586. The van der Waals surface area contributed by atoms with Gasteiger partial charge in [0.05, 0.1) is 6.10 Å². The zero-order chi connectivity index (χ0) is 13.4. The Morgan fingerprint density at radius 3 is 2.47 bits per heavy atom. The van der Waals surface area contributed by atoms with Gasteiger partial charge in [0, 0.05) is 10.6 Å². The standard InChI is InChI=1S/C15H23ClO/c1-7-9-10-11(3)13(5)17-14(6)12(4)15(16)8-2/h7-9,11,13H,2,6,10H2,1,3-5H3/b9-7-,15-12-/t11?,13-/m1/s1. The minimum Gasteiger partial charge on any atom is -0.491 e. The number of ether oxygens (including phenoxy) is 1. The van der Waals surface area contributed by atoms with Crippen LogP contribution in [0.5, 0.6) is 0 Å². The fraction of sp³-hybridized carbons (Fsp3) is 0.467. The average Bonchev–Trinajstić information content (AvgIpc) is 2.33. The number of hydrogen-bond acceptors (Lipinski definition) is 1. The van der Waals surface area contributed by atoms with Gasteiger partial charge < -0.3 is 4.74 Å². The van der Waals surface area contributed by atoms with Crippen LogP contribution in [0.2, 0.25) is 0 Å². The molecule has 0 aromatic carbocycles. The highest BCUT2D eigenvalue weighted by molar-refractivity contribution is 6.31. The molecule has 0 amide bonds. The van der Waals surface area contributed by atoms with Gasteiger partial charge in [-0.2, -0.15) is 0 Å². The third-order valence-electron chi connectivity index (χ3n) is 2.83. The minimum atomic E-state index is 0.114. The molecule has 0 bridgehead atoms. The Bertz CT molecular complexity index is 326. The zero-order valence-corrected chi connectivity index (χ0v) is 12.1. The molecule has 0 N–H and O–H groups in total. The van der Waals surface area contributed by atoms with Crippen molar-refractivity contribution in [2.24, 2.45) is 5.92 Å². The summed E-state index contributed by atoms with van der Waals surface area (Å²) in [4.78, 5) is 0. The van der Waals surface area contributed by atoms with Crippen LogP contribution in [0.15, 0.2) is 47.8 Å². The van der Waals surface area contributed by atoms with Gasteiger partial charge in [0.2, 0.25) is 0 Å². The van der Waals surface area contributed by atoms with Crippen molar-refractivity contribution < 1.29 is 4.74 Å². The van der Waals surface area contributed by atoms with E-state index in [1.807, 2.05) is 13.8 Å². The fourth-order valence-electron chi connectivity index (χ4n) is 1.26. The summed E-state index contributed by atoms with van der Waals surface area (Å²) in [5.74, 6) is 1.06. The predicted molar refractivity (Wildman–Crippen MR) is 77.0 cm³/mol. The molecule has 2 atom stereocenters. The Balaban J connectivity index is 4.44. The van der Waals surface area contributed by atoms with Crippen LogP contribution in [-0.4, -0.2) is 6.10 Å². The normalized spacial score (nSPS) is 16.3. The van der Waals surface area contributed by atoms with E-state index in [4.69, 9.17) is 16.3 Å². The van der Waals surface area contributed by atoms with Crippen molar-refractivity contribution in [3.8, 4) is 0 Å². The Labute approximate surface area is 111 Å². The highest BCUT2D eigenvalue weighted by Gasteiger charge is 2.14. The van der Waals surface area contributed by atoms with Gasteiger partial charge in [0.1, 0.15) is 5.76 Å². The van der Waals surface area contributed by atoms with Crippen molar-refractivity contribution in [3.05, 3.63) is 47.8 Å². The Morgan fingerprint density at radius 2 is 2.00 bits per heavy atom. The van der Waals surface area contributed by atoms with Crippen molar-refractivity contribution in [1.29, 1.82) is 0 Å². The summed E-state index contributed by atoms with van der Waals surface area (Å²) in [5.41, 5.74) is 0.840. The lowest BCUT2D eigenvalue weighted by Gasteiger charge is -2.22. The van der Waals surface area contributed by atoms with Gasteiger partial charge in [-0.3, -0.25) is 0 Å². The van der Waals surface area contributed by atoms with Crippen molar-refractivity contribution >= 4 is 11.6 Å². The van der Waals surface area contributed by atoms with Crippen LogP contribution in [0.25, 0.3) is 0 Å². The Morgan fingerprint density at radius 1 is 1.41 bits per heavy atom. The molecule has 17 heavy (non-hydrogen) atoms. The molecule has 0 aliphatic rings. The second-order valence-electron chi connectivity index (χ2n) is 4.21. The van der Waals surface area contributed by atoms with Crippen LogP contribution >= 0.6 is 11.6 Å². The van der Waals surface area contributed by atoms with E-state index in [0.29, 0.717) is 16.7 Å². The molecule has 0 heterocycles. The Kier molecular flexibility index (Phi) is 7.73. The SMILES string of the molecule is C=C/C(Cl)=C(\C)C(=C)O[C@H](C)C(C)C/C=C\C. The van der Waals surface area contributed by atoms with Gasteiger partial charge >= 0.3 is 0 Å². The van der Waals surface area contributed by atoms with E-state index in [1.54, 1.807) is 6.08 Å². The minimum absolute atomic E-state index is 0.114. The maximum absolute atomic E-state index is 5.97. The van der Waals surface area contributed by atoms with Gasteiger partial charge in [-0.15, -0.1) is 0 Å². The van der Waals surface area contributed by atoms with Crippen molar-refractivity contribution in [2.45, 2.75) is 40.2 Å². The molecule has 0 aromatic rings. The van der Waals surface area contributed by atoms with E-state index in [2.05, 4.69) is 39.2 Å². The van der Waals surface area contributed by atoms with Crippen molar-refractivity contribution in [1.82, 2.24) is 0 Å². The molecule has 96 valence electrons. The van der Waals surface area contributed by atoms with Crippen LogP contribution in [0.4, 0.5) is 0 Å². The predicted octanol–water partition coefficient (Wildman–Crippen LogP) is 5.21. The summed E-state index contributed by atoms with van der Waals surface area (Å²) in [7, 11) is 0. The summed E-state index contributed by atoms with van der Waals surface area (Å²) < 4.78 is 5.78. The molecule has 0 aliphatic carbocycles. The third-order valence-corrected chi connectivity index (χ3v) is 3.27. The molecular formula is C15H23ClO. The molecule has 1 unspecified atom stereocenters. The summed E-state index contributed by atoms with van der Waals surface area (Å²) >= 11 is 5.97. The van der Waals surface area contributed by atoms with E-state index in [9.17, 15) is 0 Å². The lowest BCUT2D eigenvalue weighted by molar-refractivity contribution is 0.0926. The maximum atomic E-state index is 5.97. The van der Waals surface area contributed by atoms with Gasteiger partial charge in [-0.05, 0) is 33.1 Å². The number of hydrogen-bond donors (Lipinski definition) is 0. The van der Waals surface area contributed by atoms with Crippen LogP contribution in [0.3, 0.4) is 0 Å². The lowest BCUT2D eigenvalue weighted by Crippen LogP contribution is -2.17. The summed E-state index contributed by atoms with van der Waals surface area (Å²) in [6.45, 7) is 15.6. The highest BCUT2D eigenvalue weighted by atomic mass is 35.5. The molecule has 0 aromatic heterocycles. The first-order valence-corrected chi connectivity index (χ1v) is 6.27. The third kappa shape index (κ3) is 5.78. The second-order valence-corrected chi connectivity index (χ2v) is 4.61. The average molecular weight is 255 g/mol. The zero-order valence-electron chi connectivity index (χ0n) is 11.3. The van der Waals surface area contributed by atoms with Crippen molar-refractivity contribution in [3.63, 3.8) is 0 Å². The molecule has 0 fully saturated rings. The smallest absolute Gasteiger partial charge is 0.116 e. The first kappa shape index (κ1) is 16.1. The van der Waals surface area contributed by atoms with Crippen LogP contribution in [-0.2, 0) is 4.74 Å². The highest BCUT2D eigenvalue weighted by Crippen LogP contribution is 2.22. The monoisotopic (exact) mass is 254 g/mol. The fourth-order valence-corrected chi connectivity index (χ4v) is 1.36. The molecule has 0 aliphatic heterocycles. The van der Waals surface area contributed by atoms with Gasteiger partial charge in [-0.1, -0.05) is 49.9 Å². The molecule has 0 radical (unpaired) electrons. The van der Waals surface area contributed by atoms with Gasteiger partial charge in [-0.25, -0.2) is 0 Å². The van der Waals surface area contributed by atoms with Gasteiger partial charge in [0.25, 0.3) is 0 Å². The number of rotatable bonds is 7. The number of halogens is 1. The van der Waals surface area contributed by atoms with Crippen LogP contribution in [0.1, 0.15) is 34.1 Å². The van der Waals surface area contributed by atoms with Gasteiger partial charge in [0.15, 0.2) is 0 Å². The summed E-state index contributed by atoms with van der Waals surface area (Å²) in [6, 6.07) is 0. The largest absolute Gasteiger partial charge is 0.491 e. The van der Waals surface area contributed by atoms with E-state index in [-0.39, 0.29) is 6.10 Å². The lowest BCUT2D eigenvalue weighted by atomic mass is 10.0.